The van der Waals surface area contributed by atoms with Crippen LogP contribution in [0.15, 0.2) is 46.9 Å². The maximum absolute atomic E-state index is 12.5. The molecule has 1 aliphatic rings. The Bertz CT molecular complexity index is 666. The molecule has 2 aromatic carbocycles. The van der Waals surface area contributed by atoms with Crippen LogP contribution in [0.4, 0.5) is 0 Å². The molecule has 0 aliphatic heterocycles. The molecule has 1 atom stereocenters. The van der Waals surface area contributed by atoms with Crippen LogP contribution in [0.3, 0.4) is 0 Å². The van der Waals surface area contributed by atoms with E-state index in [0.717, 1.165) is 28.4 Å². The average Bonchev–Trinajstić information content (AvgIpc) is 2.85. The normalized spacial score (nSPS) is 16.8. The number of fused-ring (bicyclic) bond motifs is 1. The second-order valence-electron chi connectivity index (χ2n) is 5.22. The van der Waals surface area contributed by atoms with Crippen molar-refractivity contribution in [2.45, 2.75) is 25.8 Å². The van der Waals surface area contributed by atoms with E-state index in [4.69, 9.17) is 0 Å². The Labute approximate surface area is 127 Å². The molecule has 0 bridgehead atoms. The molecule has 3 rings (SSSR count). The van der Waals surface area contributed by atoms with E-state index in [1.165, 1.54) is 11.1 Å². The van der Waals surface area contributed by atoms with E-state index < -0.39 is 0 Å². The van der Waals surface area contributed by atoms with Gasteiger partial charge < -0.3 is 5.32 Å². The van der Waals surface area contributed by atoms with Gasteiger partial charge in [0.25, 0.3) is 5.91 Å². The van der Waals surface area contributed by atoms with Gasteiger partial charge in [-0.2, -0.15) is 0 Å². The Morgan fingerprint density at radius 2 is 2.05 bits per heavy atom. The smallest absolute Gasteiger partial charge is 0.252 e. The molecule has 102 valence electrons. The highest BCUT2D eigenvalue weighted by Gasteiger charge is 2.24. The Kier molecular flexibility index (Phi) is 3.62. The summed E-state index contributed by atoms with van der Waals surface area (Å²) in [6.07, 6.45) is 2.02. The molecule has 2 aromatic rings. The van der Waals surface area contributed by atoms with Crippen molar-refractivity contribution in [3.8, 4) is 0 Å². The summed E-state index contributed by atoms with van der Waals surface area (Å²) in [5, 5.41) is 3.16. The van der Waals surface area contributed by atoms with Crippen LogP contribution in [0.2, 0.25) is 0 Å². The first kappa shape index (κ1) is 13.4. The number of rotatable bonds is 2. The zero-order valence-electron chi connectivity index (χ0n) is 11.3. The van der Waals surface area contributed by atoms with E-state index in [0.29, 0.717) is 0 Å². The van der Waals surface area contributed by atoms with E-state index >= 15 is 0 Å². The fraction of sp³-hybridized carbons (Fsp3) is 0.235. The van der Waals surface area contributed by atoms with E-state index in [-0.39, 0.29) is 11.9 Å². The summed E-state index contributed by atoms with van der Waals surface area (Å²) in [5.41, 5.74) is 4.35. The quantitative estimate of drug-likeness (QED) is 0.880. The fourth-order valence-electron chi connectivity index (χ4n) is 2.78. The summed E-state index contributed by atoms with van der Waals surface area (Å²) >= 11 is 3.42. The third-order valence-corrected chi connectivity index (χ3v) is 4.38. The second kappa shape index (κ2) is 5.41. The zero-order chi connectivity index (χ0) is 14.1. The molecule has 1 unspecified atom stereocenters. The molecule has 0 fully saturated rings. The van der Waals surface area contributed by atoms with E-state index in [2.05, 4.69) is 39.4 Å². The van der Waals surface area contributed by atoms with Gasteiger partial charge in [-0.15, -0.1) is 0 Å². The molecule has 2 nitrogen and oxygen atoms in total. The van der Waals surface area contributed by atoms with Gasteiger partial charge >= 0.3 is 0 Å². The van der Waals surface area contributed by atoms with Gasteiger partial charge in [-0.1, -0.05) is 46.3 Å². The Morgan fingerprint density at radius 3 is 2.90 bits per heavy atom. The molecular weight excluding hydrogens is 314 g/mol. The number of aryl methyl sites for hydroxylation is 2. The summed E-state index contributed by atoms with van der Waals surface area (Å²) in [4.78, 5) is 12.5. The van der Waals surface area contributed by atoms with Crippen LogP contribution < -0.4 is 5.32 Å². The number of amides is 1. The predicted molar refractivity (Wildman–Crippen MR) is 83.8 cm³/mol. The summed E-state index contributed by atoms with van der Waals surface area (Å²) in [7, 11) is 0. The number of carbonyl (C=O) groups excluding carboxylic acids is 1. The molecule has 20 heavy (non-hydrogen) atoms. The fourth-order valence-corrected chi connectivity index (χ4v) is 3.14. The molecule has 0 aromatic heterocycles. The molecule has 1 N–H and O–H groups in total. The lowest BCUT2D eigenvalue weighted by Gasteiger charge is -2.15. The van der Waals surface area contributed by atoms with Crippen LogP contribution in [0.25, 0.3) is 0 Å². The van der Waals surface area contributed by atoms with Crippen LogP contribution >= 0.6 is 15.9 Å². The van der Waals surface area contributed by atoms with Crippen LogP contribution in [-0.4, -0.2) is 5.91 Å². The van der Waals surface area contributed by atoms with Crippen LogP contribution in [0, 0.1) is 6.92 Å². The first-order valence-electron chi connectivity index (χ1n) is 6.80. The molecule has 0 radical (unpaired) electrons. The highest BCUT2D eigenvalue weighted by atomic mass is 79.9. The predicted octanol–water partition coefficient (Wildman–Crippen LogP) is 4.17. The minimum absolute atomic E-state index is 0.00510. The van der Waals surface area contributed by atoms with Gasteiger partial charge in [-0.3, -0.25) is 4.79 Å². The molecule has 0 heterocycles. The average molecular weight is 330 g/mol. The number of halogens is 1. The number of benzene rings is 2. The van der Waals surface area contributed by atoms with Crippen molar-refractivity contribution in [1.82, 2.24) is 5.32 Å². The van der Waals surface area contributed by atoms with Gasteiger partial charge in [-0.05, 0) is 48.6 Å². The van der Waals surface area contributed by atoms with Gasteiger partial charge in [0.1, 0.15) is 0 Å². The molecule has 0 saturated carbocycles. The molecule has 1 aliphatic carbocycles. The van der Waals surface area contributed by atoms with Crippen molar-refractivity contribution in [1.29, 1.82) is 0 Å². The number of carbonyl (C=O) groups is 1. The van der Waals surface area contributed by atoms with E-state index in [9.17, 15) is 4.79 Å². The van der Waals surface area contributed by atoms with Gasteiger partial charge in [0, 0.05) is 10.0 Å². The van der Waals surface area contributed by atoms with Crippen LogP contribution in [-0.2, 0) is 6.42 Å². The minimum Gasteiger partial charge on any atom is -0.345 e. The van der Waals surface area contributed by atoms with Crippen molar-refractivity contribution in [2.75, 3.05) is 0 Å². The monoisotopic (exact) mass is 329 g/mol. The Morgan fingerprint density at radius 1 is 1.25 bits per heavy atom. The van der Waals surface area contributed by atoms with E-state index in [1.54, 1.807) is 0 Å². The van der Waals surface area contributed by atoms with Crippen LogP contribution in [0.5, 0.6) is 0 Å². The Balaban J connectivity index is 1.82. The zero-order valence-corrected chi connectivity index (χ0v) is 12.9. The molecule has 3 heteroatoms. The molecule has 0 saturated heterocycles. The van der Waals surface area contributed by atoms with Crippen molar-refractivity contribution in [3.63, 3.8) is 0 Å². The van der Waals surface area contributed by atoms with Crippen molar-refractivity contribution in [3.05, 3.63) is 69.2 Å². The third-order valence-electron chi connectivity index (χ3n) is 3.88. The van der Waals surface area contributed by atoms with Gasteiger partial charge in [0.05, 0.1) is 6.04 Å². The standard InChI is InChI=1S/C17H16BrNO/c1-11-6-8-13(18)10-15(11)17(20)19-16-9-7-12-4-2-3-5-14(12)16/h2-6,8,10,16H,7,9H2,1H3,(H,19,20). The van der Waals surface area contributed by atoms with Crippen LogP contribution in [0.1, 0.15) is 39.5 Å². The maximum Gasteiger partial charge on any atom is 0.252 e. The van der Waals surface area contributed by atoms with E-state index in [1.807, 2.05) is 31.2 Å². The first-order valence-corrected chi connectivity index (χ1v) is 7.59. The van der Waals surface area contributed by atoms with Crippen molar-refractivity contribution in [2.24, 2.45) is 0 Å². The van der Waals surface area contributed by atoms with Gasteiger partial charge in [0.2, 0.25) is 0 Å². The largest absolute Gasteiger partial charge is 0.345 e. The topological polar surface area (TPSA) is 29.1 Å². The number of nitrogens with one attached hydrogen (secondary N) is 1. The Hall–Kier alpha value is -1.61. The highest BCUT2D eigenvalue weighted by molar-refractivity contribution is 9.10. The molecule has 1 amide bonds. The lowest BCUT2D eigenvalue weighted by Crippen LogP contribution is -2.27. The minimum atomic E-state index is 0.00510. The third kappa shape index (κ3) is 2.50. The SMILES string of the molecule is Cc1ccc(Br)cc1C(=O)NC1CCc2ccccc21. The maximum atomic E-state index is 12.5. The summed E-state index contributed by atoms with van der Waals surface area (Å²) in [5.74, 6) is 0.00510. The first-order chi connectivity index (χ1) is 9.65. The highest BCUT2D eigenvalue weighted by Crippen LogP contribution is 2.31. The lowest BCUT2D eigenvalue weighted by atomic mass is 10.1. The van der Waals surface area contributed by atoms with Gasteiger partial charge in [-0.25, -0.2) is 0 Å². The lowest BCUT2D eigenvalue weighted by molar-refractivity contribution is 0.0936. The molecule has 0 spiro atoms. The van der Waals surface area contributed by atoms with Gasteiger partial charge in [0.15, 0.2) is 0 Å². The van der Waals surface area contributed by atoms with Crippen molar-refractivity contribution < 1.29 is 4.79 Å². The molecular formula is C17H16BrNO. The number of hydrogen-bond acceptors (Lipinski definition) is 1. The number of hydrogen-bond donors (Lipinski definition) is 1. The summed E-state index contributed by atoms with van der Waals surface area (Å²) < 4.78 is 0.931. The second-order valence-corrected chi connectivity index (χ2v) is 6.14. The summed E-state index contributed by atoms with van der Waals surface area (Å²) in [6.45, 7) is 1.96. The van der Waals surface area contributed by atoms with Crippen molar-refractivity contribution >= 4 is 21.8 Å². The summed E-state index contributed by atoms with van der Waals surface area (Å²) in [6, 6.07) is 14.3.